The second-order valence-corrected chi connectivity index (χ2v) is 4.38. The lowest BCUT2D eigenvalue weighted by Crippen LogP contribution is -2.22. The van der Waals surface area contributed by atoms with Gasteiger partial charge in [0.05, 0.1) is 5.56 Å². The molecule has 0 fully saturated rings. The van der Waals surface area contributed by atoms with E-state index in [1.165, 1.54) is 12.1 Å². The molecule has 0 saturated carbocycles. The Kier molecular flexibility index (Phi) is 5.44. The lowest BCUT2D eigenvalue weighted by molar-refractivity contribution is -0.119. The molecule has 19 heavy (non-hydrogen) atoms. The predicted molar refractivity (Wildman–Crippen MR) is 71.0 cm³/mol. The minimum atomic E-state index is -0.871. The molecule has 1 rings (SSSR count). The lowest BCUT2D eigenvalue weighted by atomic mass is 10.0. The Balaban J connectivity index is 2.74. The van der Waals surface area contributed by atoms with Crippen LogP contribution in [0.2, 0.25) is 0 Å². The number of nitrogens with two attached hydrogens (primary N) is 2. The molecule has 2 amide bonds. The van der Waals surface area contributed by atoms with E-state index >= 15 is 0 Å². The second kappa shape index (κ2) is 6.84. The average Bonchev–Trinajstić information content (AvgIpc) is 2.37. The summed E-state index contributed by atoms with van der Waals surface area (Å²) in [6, 6.07) is 3.71. The zero-order valence-corrected chi connectivity index (χ0v) is 10.8. The first-order valence-electron chi connectivity index (χ1n) is 6.06. The lowest BCUT2D eigenvalue weighted by Gasteiger charge is -2.12. The predicted octanol–water partition coefficient (Wildman–Crippen LogP) is 1.24. The van der Waals surface area contributed by atoms with Crippen LogP contribution in [0.15, 0.2) is 18.2 Å². The molecule has 0 saturated heterocycles. The number of primary amides is 1. The Morgan fingerprint density at radius 3 is 2.68 bits per heavy atom. The highest BCUT2D eigenvalue weighted by Gasteiger charge is 2.14. The number of amides is 2. The van der Waals surface area contributed by atoms with Crippen LogP contribution in [0.1, 0.15) is 30.1 Å². The van der Waals surface area contributed by atoms with Gasteiger partial charge in [-0.15, -0.1) is 0 Å². The number of carbonyl (C=O) groups is 2. The van der Waals surface area contributed by atoms with Gasteiger partial charge in [0.15, 0.2) is 0 Å². The van der Waals surface area contributed by atoms with Crippen LogP contribution >= 0.6 is 0 Å². The van der Waals surface area contributed by atoms with E-state index in [4.69, 9.17) is 11.5 Å². The van der Waals surface area contributed by atoms with Gasteiger partial charge in [-0.3, -0.25) is 9.59 Å². The van der Waals surface area contributed by atoms with Crippen molar-refractivity contribution in [3.05, 3.63) is 29.6 Å². The molecular weight excluding hydrogens is 249 g/mol. The van der Waals surface area contributed by atoms with Crippen LogP contribution < -0.4 is 16.8 Å². The zero-order chi connectivity index (χ0) is 14.4. The highest BCUT2D eigenvalue weighted by atomic mass is 19.1. The molecule has 0 radical (unpaired) electrons. The Bertz CT molecular complexity index is 477. The SMILES string of the molecule is CC(CCCN)C(=O)Nc1ccc(F)c(C(N)=O)c1. The molecular formula is C13H18FN3O2. The molecule has 1 aromatic carbocycles. The fourth-order valence-electron chi connectivity index (χ4n) is 1.61. The molecule has 0 heterocycles. The maximum absolute atomic E-state index is 13.3. The summed E-state index contributed by atoms with van der Waals surface area (Å²) in [5.41, 5.74) is 10.5. The first-order valence-corrected chi connectivity index (χ1v) is 6.06. The number of carbonyl (C=O) groups excluding carboxylic acids is 2. The quantitative estimate of drug-likeness (QED) is 0.723. The molecule has 0 aromatic heterocycles. The number of nitrogens with one attached hydrogen (secondary N) is 1. The normalized spacial score (nSPS) is 11.9. The van der Waals surface area contributed by atoms with Gasteiger partial charge < -0.3 is 16.8 Å². The maximum atomic E-state index is 13.3. The molecule has 1 unspecified atom stereocenters. The van der Waals surface area contributed by atoms with E-state index in [0.717, 1.165) is 12.5 Å². The fourth-order valence-corrected chi connectivity index (χ4v) is 1.61. The van der Waals surface area contributed by atoms with E-state index in [1.54, 1.807) is 6.92 Å². The highest BCUT2D eigenvalue weighted by molar-refractivity contribution is 5.97. The molecule has 5 N–H and O–H groups in total. The summed E-state index contributed by atoms with van der Waals surface area (Å²) in [6.45, 7) is 2.31. The average molecular weight is 267 g/mol. The summed E-state index contributed by atoms with van der Waals surface area (Å²) >= 11 is 0. The third-order valence-corrected chi connectivity index (χ3v) is 2.79. The van der Waals surface area contributed by atoms with Crippen LogP contribution in [0.3, 0.4) is 0 Å². The van der Waals surface area contributed by atoms with Gasteiger partial charge in [0.2, 0.25) is 5.91 Å². The van der Waals surface area contributed by atoms with Gasteiger partial charge in [-0.05, 0) is 37.6 Å². The summed E-state index contributed by atoms with van der Waals surface area (Å²) in [5, 5.41) is 2.62. The standard InChI is InChI=1S/C13H18FN3O2/c1-8(3-2-6-15)13(19)17-9-4-5-11(14)10(7-9)12(16)18/h4-5,7-8H,2-3,6,15H2,1H3,(H2,16,18)(H,17,19). The molecule has 0 spiro atoms. The van der Waals surface area contributed by atoms with Gasteiger partial charge in [0.1, 0.15) is 5.82 Å². The molecule has 1 atom stereocenters. The van der Waals surface area contributed by atoms with Crippen molar-refractivity contribution in [2.75, 3.05) is 11.9 Å². The number of hydrogen-bond acceptors (Lipinski definition) is 3. The molecule has 0 aliphatic carbocycles. The van der Waals surface area contributed by atoms with E-state index in [9.17, 15) is 14.0 Å². The van der Waals surface area contributed by atoms with Gasteiger partial charge in [0, 0.05) is 11.6 Å². The van der Waals surface area contributed by atoms with Crippen LogP contribution in [0.5, 0.6) is 0 Å². The van der Waals surface area contributed by atoms with Crippen molar-refractivity contribution in [2.24, 2.45) is 17.4 Å². The molecule has 6 heteroatoms. The first-order chi connectivity index (χ1) is 8.95. The monoisotopic (exact) mass is 267 g/mol. The molecule has 0 aliphatic rings. The zero-order valence-electron chi connectivity index (χ0n) is 10.8. The van der Waals surface area contributed by atoms with Gasteiger partial charge >= 0.3 is 0 Å². The van der Waals surface area contributed by atoms with Crippen LogP contribution in [0, 0.1) is 11.7 Å². The Morgan fingerprint density at radius 2 is 2.11 bits per heavy atom. The van der Waals surface area contributed by atoms with Crippen molar-refractivity contribution in [1.82, 2.24) is 0 Å². The van der Waals surface area contributed by atoms with Crippen molar-refractivity contribution < 1.29 is 14.0 Å². The maximum Gasteiger partial charge on any atom is 0.251 e. The van der Waals surface area contributed by atoms with Crippen LogP contribution in [-0.4, -0.2) is 18.4 Å². The smallest absolute Gasteiger partial charge is 0.251 e. The van der Waals surface area contributed by atoms with Gasteiger partial charge in [-0.2, -0.15) is 0 Å². The van der Waals surface area contributed by atoms with E-state index in [-0.39, 0.29) is 17.4 Å². The number of hydrogen-bond donors (Lipinski definition) is 3. The molecule has 1 aromatic rings. The van der Waals surface area contributed by atoms with Crippen LogP contribution in [0.4, 0.5) is 10.1 Å². The van der Waals surface area contributed by atoms with Crippen molar-refractivity contribution in [2.45, 2.75) is 19.8 Å². The third-order valence-electron chi connectivity index (χ3n) is 2.79. The van der Waals surface area contributed by atoms with Crippen molar-refractivity contribution in [3.63, 3.8) is 0 Å². The van der Waals surface area contributed by atoms with Crippen LogP contribution in [-0.2, 0) is 4.79 Å². The molecule has 5 nitrogen and oxygen atoms in total. The minimum absolute atomic E-state index is 0.199. The summed E-state index contributed by atoms with van der Waals surface area (Å²) in [5.74, 6) is -1.98. The Morgan fingerprint density at radius 1 is 1.42 bits per heavy atom. The molecule has 0 aliphatic heterocycles. The van der Waals surface area contributed by atoms with E-state index in [1.807, 2.05) is 0 Å². The van der Waals surface area contributed by atoms with Gasteiger partial charge in [0.25, 0.3) is 5.91 Å². The van der Waals surface area contributed by atoms with E-state index < -0.39 is 11.7 Å². The topological polar surface area (TPSA) is 98.2 Å². The van der Waals surface area contributed by atoms with Crippen molar-refractivity contribution in [1.29, 1.82) is 0 Å². The van der Waals surface area contributed by atoms with Gasteiger partial charge in [-0.1, -0.05) is 6.92 Å². The molecule has 104 valence electrons. The fraction of sp³-hybridized carbons (Fsp3) is 0.385. The third kappa shape index (κ3) is 4.33. The summed E-state index contributed by atoms with van der Waals surface area (Å²) < 4.78 is 13.3. The Hall–Kier alpha value is -1.95. The number of rotatable bonds is 6. The summed E-state index contributed by atoms with van der Waals surface area (Å²) in [7, 11) is 0. The number of benzene rings is 1. The van der Waals surface area contributed by atoms with Crippen molar-refractivity contribution in [3.8, 4) is 0 Å². The number of halogens is 1. The van der Waals surface area contributed by atoms with Crippen molar-refractivity contribution >= 4 is 17.5 Å². The first kappa shape index (κ1) is 15.1. The summed E-state index contributed by atoms with van der Waals surface area (Å²) in [4.78, 5) is 22.8. The largest absolute Gasteiger partial charge is 0.366 e. The molecule has 0 bridgehead atoms. The minimum Gasteiger partial charge on any atom is -0.366 e. The van der Waals surface area contributed by atoms with E-state index in [2.05, 4.69) is 5.32 Å². The van der Waals surface area contributed by atoms with Gasteiger partial charge in [-0.25, -0.2) is 4.39 Å². The highest BCUT2D eigenvalue weighted by Crippen LogP contribution is 2.16. The van der Waals surface area contributed by atoms with E-state index in [0.29, 0.717) is 18.7 Å². The Labute approximate surface area is 111 Å². The number of anilines is 1. The second-order valence-electron chi connectivity index (χ2n) is 4.38. The summed E-state index contributed by atoms with van der Waals surface area (Å²) in [6.07, 6.45) is 1.43. The van der Waals surface area contributed by atoms with Crippen LogP contribution in [0.25, 0.3) is 0 Å².